The van der Waals surface area contributed by atoms with Crippen LogP contribution >= 0.6 is 11.3 Å². The number of nitrogens with one attached hydrogen (secondary N) is 1. The van der Waals surface area contributed by atoms with E-state index in [-0.39, 0.29) is 11.7 Å². The second-order valence-electron chi connectivity index (χ2n) is 3.37. The van der Waals surface area contributed by atoms with Crippen LogP contribution in [0.1, 0.15) is 27.9 Å². The molecule has 0 bridgehead atoms. The molecule has 16 heavy (non-hydrogen) atoms. The molecule has 1 unspecified atom stereocenters. The van der Waals surface area contributed by atoms with E-state index in [4.69, 9.17) is 10.9 Å². The van der Waals surface area contributed by atoms with Gasteiger partial charge in [0.25, 0.3) is 5.91 Å². The Labute approximate surface area is 98.0 Å². The van der Waals surface area contributed by atoms with Crippen LogP contribution in [0.5, 0.6) is 0 Å². The minimum Gasteiger partial charge on any atom is -0.409 e. The summed E-state index contributed by atoms with van der Waals surface area (Å²) in [4.78, 5) is 13.5. The molecule has 0 aliphatic heterocycles. The van der Waals surface area contributed by atoms with Crippen molar-refractivity contribution >= 4 is 23.1 Å². The quantitative estimate of drug-likeness (QED) is 0.321. The summed E-state index contributed by atoms with van der Waals surface area (Å²) >= 11 is 1.41. The predicted octanol–water partition coefficient (Wildman–Crippen LogP) is 1.31. The molecule has 1 atom stereocenters. The van der Waals surface area contributed by atoms with E-state index >= 15 is 0 Å². The zero-order chi connectivity index (χ0) is 12.1. The summed E-state index contributed by atoms with van der Waals surface area (Å²) in [6.45, 7) is 3.78. The Morgan fingerprint density at radius 3 is 2.81 bits per heavy atom. The van der Waals surface area contributed by atoms with Gasteiger partial charge in [0.05, 0.1) is 10.9 Å². The van der Waals surface area contributed by atoms with E-state index in [1.807, 2.05) is 19.9 Å². The van der Waals surface area contributed by atoms with Gasteiger partial charge in [0.2, 0.25) is 0 Å². The molecule has 0 aliphatic rings. The van der Waals surface area contributed by atoms with Crippen LogP contribution in [0, 0.1) is 6.92 Å². The van der Waals surface area contributed by atoms with E-state index < -0.39 is 6.04 Å². The number of nitrogens with two attached hydrogens (primary N) is 1. The number of thiophene rings is 1. The summed E-state index contributed by atoms with van der Waals surface area (Å²) < 4.78 is 0. The number of hydrogen-bond donors (Lipinski definition) is 3. The van der Waals surface area contributed by atoms with Crippen LogP contribution in [0.3, 0.4) is 0 Å². The number of amides is 1. The van der Waals surface area contributed by atoms with Crippen LogP contribution in [0.4, 0.5) is 0 Å². The molecule has 0 saturated heterocycles. The Morgan fingerprint density at radius 1 is 1.69 bits per heavy atom. The van der Waals surface area contributed by atoms with Crippen molar-refractivity contribution < 1.29 is 10.0 Å². The first kappa shape index (κ1) is 12.5. The molecule has 88 valence electrons. The van der Waals surface area contributed by atoms with Crippen LogP contribution < -0.4 is 11.1 Å². The number of oxime groups is 1. The molecule has 6 heteroatoms. The highest BCUT2D eigenvalue weighted by Gasteiger charge is 2.16. The highest BCUT2D eigenvalue weighted by Crippen LogP contribution is 2.14. The second kappa shape index (κ2) is 5.50. The van der Waals surface area contributed by atoms with Gasteiger partial charge >= 0.3 is 0 Å². The summed E-state index contributed by atoms with van der Waals surface area (Å²) in [5.74, 6) is -0.180. The summed E-state index contributed by atoms with van der Waals surface area (Å²) in [6, 6.07) is 3.21. The monoisotopic (exact) mass is 241 g/mol. The van der Waals surface area contributed by atoms with Crippen LogP contribution in [-0.4, -0.2) is 23.0 Å². The molecule has 5 nitrogen and oxygen atoms in total. The SMILES string of the molecule is CCC(NC(=O)c1ccc(C)s1)/C(N)=N/O. The fraction of sp³-hybridized carbons (Fsp3) is 0.400. The van der Waals surface area contributed by atoms with Crippen LogP contribution in [0.15, 0.2) is 17.3 Å². The first-order valence-electron chi connectivity index (χ1n) is 4.93. The van der Waals surface area contributed by atoms with Gasteiger partial charge in [-0.2, -0.15) is 0 Å². The van der Waals surface area contributed by atoms with Crippen molar-refractivity contribution in [2.45, 2.75) is 26.3 Å². The summed E-state index contributed by atoms with van der Waals surface area (Å²) in [6.07, 6.45) is 0.575. The lowest BCUT2D eigenvalue weighted by atomic mass is 10.2. The van der Waals surface area contributed by atoms with Gasteiger partial charge in [-0.3, -0.25) is 4.79 Å². The Hall–Kier alpha value is -1.56. The van der Waals surface area contributed by atoms with Crippen molar-refractivity contribution in [2.75, 3.05) is 0 Å². The molecule has 0 radical (unpaired) electrons. The van der Waals surface area contributed by atoms with Crippen molar-refractivity contribution in [3.63, 3.8) is 0 Å². The highest BCUT2D eigenvalue weighted by molar-refractivity contribution is 7.13. The third kappa shape index (κ3) is 2.96. The van der Waals surface area contributed by atoms with E-state index in [1.54, 1.807) is 6.07 Å². The van der Waals surface area contributed by atoms with Gasteiger partial charge in [0.1, 0.15) is 0 Å². The Morgan fingerprint density at radius 2 is 2.38 bits per heavy atom. The summed E-state index contributed by atoms with van der Waals surface area (Å²) in [5.41, 5.74) is 5.45. The van der Waals surface area contributed by atoms with E-state index in [2.05, 4.69) is 10.5 Å². The Balaban J connectivity index is 2.70. The smallest absolute Gasteiger partial charge is 0.261 e. The fourth-order valence-electron chi connectivity index (χ4n) is 1.24. The predicted molar refractivity (Wildman–Crippen MR) is 64.0 cm³/mol. The lowest BCUT2D eigenvalue weighted by Gasteiger charge is -2.14. The number of carbonyl (C=O) groups excluding carboxylic acids is 1. The number of nitrogens with zero attached hydrogens (tertiary/aromatic N) is 1. The summed E-state index contributed by atoms with van der Waals surface area (Å²) in [5, 5.41) is 14.1. The third-order valence-electron chi connectivity index (χ3n) is 2.15. The Bertz CT molecular complexity index is 401. The lowest BCUT2D eigenvalue weighted by molar-refractivity contribution is 0.0949. The summed E-state index contributed by atoms with van der Waals surface area (Å²) in [7, 11) is 0. The molecule has 1 rings (SSSR count). The average Bonchev–Trinajstić information content (AvgIpc) is 2.71. The van der Waals surface area contributed by atoms with Gasteiger partial charge in [-0.25, -0.2) is 0 Å². The minimum absolute atomic E-state index is 0.0177. The zero-order valence-electron chi connectivity index (χ0n) is 9.23. The van der Waals surface area contributed by atoms with Crippen molar-refractivity contribution in [2.24, 2.45) is 10.9 Å². The van der Waals surface area contributed by atoms with Gasteiger partial charge in [-0.15, -0.1) is 11.3 Å². The van der Waals surface area contributed by atoms with E-state index in [0.717, 1.165) is 4.88 Å². The van der Waals surface area contributed by atoms with Crippen LogP contribution in [-0.2, 0) is 0 Å². The van der Waals surface area contributed by atoms with Crippen LogP contribution in [0.2, 0.25) is 0 Å². The molecule has 0 saturated carbocycles. The maximum Gasteiger partial charge on any atom is 0.261 e. The number of amidine groups is 1. The molecule has 4 N–H and O–H groups in total. The normalized spacial score (nSPS) is 13.5. The van der Waals surface area contributed by atoms with Crippen molar-refractivity contribution in [3.8, 4) is 0 Å². The molecule has 0 aromatic carbocycles. The van der Waals surface area contributed by atoms with Gasteiger partial charge in [-0.05, 0) is 25.5 Å². The van der Waals surface area contributed by atoms with Crippen molar-refractivity contribution in [1.29, 1.82) is 0 Å². The standard InChI is InChI=1S/C10H15N3O2S/c1-3-7(9(11)13-15)12-10(14)8-5-4-6(2)16-8/h4-5,7,15H,3H2,1-2H3,(H2,11,13)(H,12,14). The largest absolute Gasteiger partial charge is 0.409 e. The minimum atomic E-state index is -0.431. The molecular weight excluding hydrogens is 226 g/mol. The second-order valence-corrected chi connectivity index (χ2v) is 4.66. The van der Waals surface area contributed by atoms with Gasteiger partial charge < -0.3 is 16.3 Å². The maximum absolute atomic E-state index is 11.8. The van der Waals surface area contributed by atoms with Gasteiger partial charge in [0.15, 0.2) is 5.84 Å². The van der Waals surface area contributed by atoms with E-state index in [9.17, 15) is 4.79 Å². The Kier molecular flexibility index (Phi) is 4.30. The van der Waals surface area contributed by atoms with E-state index in [0.29, 0.717) is 11.3 Å². The molecule has 0 spiro atoms. The topological polar surface area (TPSA) is 87.7 Å². The fourth-order valence-corrected chi connectivity index (χ4v) is 2.01. The van der Waals surface area contributed by atoms with E-state index in [1.165, 1.54) is 11.3 Å². The first-order valence-corrected chi connectivity index (χ1v) is 5.74. The lowest BCUT2D eigenvalue weighted by Crippen LogP contribution is -2.43. The number of rotatable bonds is 4. The molecule has 1 aromatic heterocycles. The molecular formula is C10H15N3O2S. The first-order chi connectivity index (χ1) is 7.58. The molecule has 1 aromatic rings. The number of hydrogen-bond acceptors (Lipinski definition) is 4. The molecule has 0 fully saturated rings. The van der Waals surface area contributed by atoms with Gasteiger partial charge in [0, 0.05) is 4.88 Å². The number of carbonyl (C=O) groups is 1. The van der Waals surface area contributed by atoms with Crippen molar-refractivity contribution in [1.82, 2.24) is 5.32 Å². The van der Waals surface area contributed by atoms with Crippen LogP contribution in [0.25, 0.3) is 0 Å². The molecule has 1 heterocycles. The molecule has 1 amide bonds. The third-order valence-corrected chi connectivity index (χ3v) is 3.15. The zero-order valence-corrected chi connectivity index (χ0v) is 10.0. The molecule has 0 aliphatic carbocycles. The van der Waals surface area contributed by atoms with Crippen molar-refractivity contribution in [3.05, 3.63) is 21.9 Å². The highest BCUT2D eigenvalue weighted by atomic mass is 32.1. The maximum atomic E-state index is 11.8. The number of aryl methyl sites for hydroxylation is 1. The van der Waals surface area contributed by atoms with Gasteiger partial charge in [-0.1, -0.05) is 12.1 Å². The average molecular weight is 241 g/mol.